The van der Waals surface area contributed by atoms with Crippen molar-refractivity contribution in [3.05, 3.63) is 29.8 Å². The van der Waals surface area contributed by atoms with E-state index in [4.69, 9.17) is 17.0 Å². The second-order valence-corrected chi connectivity index (χ2v) is 5.98. The maximum Gasteiger partial charge on any atom is 0.261 e. The molecule has 0 aliphatic heterocycles. The summed E-state index contributed by atoms with van der Waals surface area (Å²) in [6.07, 6.45) is 4.69. The monoisotopic (exact) mass is 306 g/mol. The minimum absolute atomic E-state index is 0.0162. The van der Waals surface area contributed by atoms with Crippen molar-refractivity contribution < 1.29 is 9.53 Å². The van der Waals surface area contributed by atoms with E-state index >= 15 is 0 Å². The predicted molar refractivity (Wildman–Crippen MR) is 87.7 cm³/mol. The lowest BCUT2D eigenvalue weighted by Crippen LogP contribution is -2.43. The Hall–Kier alpha value is -1.62. The minimum atomic E-state index is -0.234. The summed E-state index contributed by atoms with van der Waals surface area (Å²) in [5.41, 5.74) is 0.502. The summed E-state index contributed by atoms with van der Waals surface area (Å²) in [6, 6.07) is 7.59. The highest BCUT2D eigenvalue weighted by Crippen LogP contribution is 2.20. The molecule has 2 N–H and O–H groups in total. The van der Waals surface area contributed by atoms with Crippen LogP contribution in [0.25, 0.3) is 0 Å². The number of hydrogen-bond acceptors (Lipinski definition) is 3. The van der Waals surface area contributed by atoms with E-state index in [-0.39, 0.29) is 12.0 Å². The van der Waals surface area contributed by atoms with Crippen molar-refractivity contribution in [2.75, 3.05) is 0 Å². The van der Waals surface area contributed by atoms with Gasteiger partial charge in [0.25, 0.3) is 5.91 Å². The minimum Gasteiger partial charge on any atom is -0.490 e. The van der Waals surface area contributed by atoms with Gasteiger partial charge in [0.2, 0.25) is 0 Å². The first-order valence-corrected chi connectivity index (χ1v) is 7.84. The molecule has 0 saturated heterocycles. The molecule has 21 heavy (non-hydrogen) atoms. The molecule has 0 heterocycles. The van der Waals surface area contributed by atoms with E-state index in [1.807, 2.05) is 26.0 Å². The van der Waals surface area contributed by atoms with Crippen molar-refractivity contribution in [1.82, 2.24) is 10.6 Å². The van der Waals surface area contributed by atoms with E-state index in [1.54, 1.807) is 12.1 Å². The van der Waals surface area contributed by atoms with E-state index in [2.05, 4.69) is 10.6 Å². The zero-order valence-corrected chi connectivity index (χ0v) is 13.3. The number of nitrogens with one attached hydrogen (secondary N) is 2. The number of hydrogen-bond donors (Lipinski definition) is 2. The van der Waals surface area contributed by atoms with Crippen LogP contribution < -0.4 is 15.4 Å². The fourth-order valence-electron chi connectivity index (χ4n) is 2.47. The Morgan fingerprint density at radius 1 is 1.29 bits per heavy atom. The van der Waals surface area contributed by atoms with Gasteiger partial charge >= 0.3 is 0 Å². The third-order valence-electron chi connectivity index (χ3n) is 3.41. The number of carbonyl (C=O) groups excluding carboxylic acids is 1. The third kappa shape index (κ3) is 4.70. The van der Waals surface area contributed by atoms with Gasteiger partial charge in [-0.3, -0.25) is 10.1 Å². The van der Waals surface area contributed by atoms with Crippen LogP contribution in [0, 0.1) is 0 Å². The molecule has 0 atom stereocenters. The van der Waals surface area contributed by atoms with Crippen LogP contribution in [0.4, 0.5) is 0 Å². The average molecular weight is 306 g/mol. The highest BCUT2D eigenvalue weighted by molar-refractivity contribution is 7.80. The molecule has 5 heteroatoms. The molecule has 1 aliphatic rings. The smallest absolute Gasteiger partial charge is 0.261 e. The Kier molecular flexibility index (Phi) is 5.56. The summed E-state index contributed by atoms with van der Waals surface area (Å²) in [5, 5.41) is 6.33. The Labute approximate surface area is 131 Å². The standard InChI is InChI=1S/C16H22N2O2S/c1-11(2)20-14-10-6-5-9-13(14)15(19)18-16(21)17-12-7-3-4-8-12/h5-6,9-12H,3-4,7-8H2,1-2H3,(H2,17,18,19,21). The molecule has 4 nitrogen and oxygen atoms in total. The molecule has 2 rings (SSSR count). The molecular weight excluding hydrogens is 284 g/mol. The van der Waals surface area contributed by atoms with Crippen molar-refractivity contribution >= 4 is 23.2 Å². The summed E-state index contributed by atoms with van der Waals surface area (Å²) >= 11 is 5.21. The molecule has 0 spiro atoms. The molecule has 0 unspecified atom stereocenters. The van der Waals surface area contributed by atoms with Gasteiger partial charge in [0, 0.05) is 6.04 Å². The van der Waals surface area contributed by atoms with E-state index in [0.29, 0.717) is 22.5 Å². The zero-order chi connectivity index (χ0) is 15.2. The molecular formula is C16H22N2O2S. The quantitative estimate of drug-likeness (QED) is 0.840. The van der Waals surface area contributed by atoms with Crippen LogP contribution in [0.3, 0.4) is 0 Å². The lowest BCUT2D eigenvalue weighted by Gasteiger charge is -2.17. The van der Waals surface area contributed by atoms with Gasteiger partial charge in [-0.25, -0.2) is 0 Å². The Morgan fingerprint density at radius 2 is 1.95 bits per heavy atom. The number of ether oxygens (including phenoxy) is 1. The number of amides is 1. The van der Waals surface area contributed by atoms with Crippen molar-refractivity contribution in [2.24, 2.45) is 0 Å². The average Bonchev–Trinajstić information content (AvgIpc) is 2.91. The van der Waals surface area contributed by atoms with Gasteiger partial charge in [0.1, 0.15) is 5.75 Å². The molecule has 114 valence electrons. The van der Waals surface area contributed by atoms with Crippen LogP contribution in [0.15, 0.2) is 24.3 Å². The van der Waals surface area contributed by atoms with Crippen LogP contribution in [0.2, 0.25) is 0 Å². The second-order valence-electron chi connectivity index (χ2n) is 5.57. The van der Waals surface area contributed by atoms with Crippen LogP contribution in [-0.2, 0) is 0 Å². The molecule has 1 saturated carbocycles. The highest BCUT2D eigenvalue weighted by atomic mass is 32.1. The highest BCUT2D eigenvalue weighted by Gasteiger charge is 2.18. The maximum absolute atomic E-state index is 12.3. The van der Waals surface area contributed by atoms with E-state index < -0.39 is 0 Å². The normalized spacial score (nSPS) is 15.0. The van der Waals surface area contributed by atoms with Gasteiger partial charge in [-0.1, -0.05) is 25.0 Å². The van der Waals surface area contributed by atoms with E-state index in [1.165, 1.54) is 12.8 Å². The molecule has 0 radical (unpaired) electrons. The summed E-state index contributed by atoms with van der Waals surface area (Å²) < 4.78 is 5.66. The molecule has 1 fully saturated rings. The fourth-order valence-corrected chi connectivity index (χ4v) is 2.73. The molecule has 0 bridgehead atoms. The van der Waals surface area contributed by atoms with Crippen molar-refractivity contribution in [2.45, 2.75) is 51.7 Å². The summed E-state index contributed by atoms with van der Waals surface area (Å²) in [5.74, 6) is 0.343. The van der Waals surface area contributed by atoms with Crippen molar-refractivity contribution in [3.8, 4) is 5.75 Å². The number of rotatable bonds is 4. The SMILES string of the molecule is CC(C)Oc1ccccc1C(=O)NC(=S)NC1CCCC1. The number of thiocarbonyl (C=S) groups is 1. The van der Waals surface area contributed by atoms with Gasteiger partial charge in [0.15, 0.2) is 5.11 Å². The third-order valence-corrected chi connectivity index (χ3v) is 3.63. The fraction of sp³-hybridized carbons (Fsp3) is 0.500. The molecule has 0 aromatic heterocycles. The van der Waals surface area contributed by atoms with Crippen LogP contribution in [0.1, 0.15) is 49.9 Å². The topological polar surface area (TPSA) is 50.4 Å². The Balaban J connectivity index is 1.97. The number of para-hydroxylation sites is 1. The Morgan fingerprint density at radius 3 is 2.62 bits per heavy atom. The first kappa shape index (κ1) is 15.8. The largest absolute Gasteiger partial charge is 0.490 e. The van der Waals surface area contributed by atoms with Gasteiger partial charge in [0.05, 0.1) is 11.7 Å². The van der Waals surface area contributed by atoms with Gasteiger partial charge in [-0.15, -0.1) is 0 Å². The molecule has 1 aromatic rings. The van der Waals surface area contributed by atoms with Crippen LogP contribution >= 0.6 is 12.2 Å². The first-order chi connectivity index (χ1) is 10.1. The molecule has 1 aliphatic carbocycles. The van der Waals surface area contributed by atoms with Gasteiger partial charge < -0.3 is 10.1 Å². The molecule has 1 amide bonds. The predicted octanol–water partition coefficient (Wildman–Crippen LogP) is 3.02. The van der Waals surface area contributed by atoms with E-state index in [9.17, 15) is 4.79 Å². The van der Waals surface area contributed by atoms with Gasteiger partial charge in [-0.05, 0) is 51.0 Å². The number of carbonyl (C=O) groups is 1. The molecule has 1 aromatic carbocycles. The van der Waals surface area contributed by atoms with Crippen LogP contribution in [0.5, 0.6) is 5.75 Å². The van der Waals surface area contributed by atoms with Gasteiger partial charge in [-0.2, -0.15) is 0 Å². The van der Waals surface area contributed by atoms with Crippen molar-refractivity contribution in [3.63, 3.8) is 0 Å². The summed E-state index contributed by atoms with van der Waals surface area (Å²) in [6.45, 7) is 3.86. The second kappa shape index (κ2) is 7.41. The summed E-state index contributed by atoms with van der Waals surface area (Å²) in [4.78, 5) is 12.3. The number of benzene rings is 1. The van der Waals surface area contributed by atoms with E-state index in [0.717, 1.165) is 12.8 Å². The first-order valence-electron chi connectivity index (χ1n) is 7.44. The lowest BCUT2D eigenvalue weighted by atomic mass is 10.2. The Bertz CT molecular complexity index is 511. The summed E-state index contributed by atoms with van der Waals surface area (Å²) in [7, 11) is 0. The van der Waals surface area contributed by atoms with Crippen LogP contribution in [-0.4, -0.2) is 23.2 Å². The maximum atomic E-state index is 12.3. The lowest BCUT2D eigenvalue weighted by molar-refractivity contribution is 0.0970. The van der Waals surface area contributed by atoms with Crippen molar-refractivity contribution in [1.29, 1.82) is 0 Å². The zero-order valence-electron chi connectivity index (χ0n) is 12.5.